The second-order valence-corrected chi connectivity index (χ2v) is 11.4. The molecule has 0 aliphatic heterocycles. The van der Waals surface area contributed by atoms with Gasteiger partial charge in [-0.15, -0.1) is 0 Å². The van der Waals surface area contributed by atoms with Gasteiger partial charge in [-0.1, -0.05) is 99.2 Å². The Morgan fingerprint density at radius 3 is 1.70 bits per heavy atom. The molecule has 3 aromatic rings. The van der Waals surface area contributed by atoms with Gasteiger partial charge < -0.3 is 9.47 Å². The van der Waals surface area contributed by atoms with Gasteiger partial charge in [0.25, 0.3) is 0 Å². The summed E-state index contributed by atoms with van der Waals surface area (Å²) in [4.78, 5) is 0. The van der Waals surface area contributed by atoms with E-state index in [4.69, 9.17) is 9.47 Å². The number of para-hydroxylation sites is 2. The van der Waals surface area contributed by atoms with Crippen molar-refractivity contribution < 1.29 is 9.47 Å². The molecule has 0 radical (unpaired) electrons. The predicted molar refractivity (Wildman–Crippen MR) is 152 cm³/mol. The SMILES string of the molecule is C1=C(C2CCCCC2)c2ccc(C3CCCCC3)cc2C1(COc1ccccc1)COc1ccccc1. The number of hydrogen-bond acceptors (Lipinski definition) is 2. The van der Waals surface area contributed by atoms with Crippen LogP contribution in [-0.2, 0) is 5.41 Å². The van der Waals surface area contributed by atoms with Crippen LogP contribution in [0.15, 0.2) is 84.9 Å². The number of ether oxygens (including phenoxy) is 2. The fraction of sp³-hybridized carbons (Fsp3) is 0.429. The molecular formula is C35H40O2. The van der Waals surface area contributed by atoms with Crippen molar-refractivity contribution in [2.45, 2.75) is 75.5 Å². The Kier molecular flexibility index (Phi) is 7.35. The lowest BCUT2D eigenvalue weighted by Gasteiger charge is -2.31. The maximum atomic E-state index is 6.54. The van der Waals surface area contributed by atoms with E-state index in [-0.39, 0.29) is 5.41 Å². The normalized spacial score (nSPS) is 19.7. The number of fused-ring (bicyclic) bond motifs is 1. The molecule has 0 N–H and O–H groups in total. The van der Waals surface area contributed by atoms with Gasteiger partial charge >= 0.3 is 0 Å². The third-order valence-electron chi connectivity index (χ3n) is 8.92. The van der Waals surface area contributed by atoms with Crippen LogP contribution in [0.25, 0.3) is 5.57 Å². The van der Waals surface area contributed by atoms with E-state index >= 15 is 0 Å². The summed E-state index contributed by atoms with van der Waals surface area (Å²) < 4.78 is 13.1. The van der Waals surface area contributed by atoms with Gasteiger partial charge in [0.2, 0.25) is 0 Å². The Hall–Kier alpha value is -3.00. The molecule has 0 amide bonds. The highest BCUT2D eigenvalue weighted by molar-refractivity contribution is 5.79. The molecule has 0 saturated heterocycles. The number of allylic oxidation sites excluding steroid dienone is 1. The number of hydrogen-bond donors (Lipinski definition) is 0. The summed E-state index contributed by atoms with van der Waals surface area (Å²) in [5.74, 6) is 3.17. The zero-order chi connectivity index (χ0) is 24.9. The van der Waals surface area contributed by atoms with E-state index in [0.717, 1.165) is 11.5 Å². The first-order valence-corrected chi connectivity index (χ1v) is 14.5. The lowest BCUT2D eigenvalue weighted by molar-refractivity contribution is 0.176. The summed E-state index contributed by atoms with van der Waals surface area (Å²) in [6, 6.07) is 28.0. The van der Waals surface area contributed by atoms with Gasteiger partial charge in [0.15, 0.2) is 0 Å². The van der Waals surface area contributed by atoms with E-state index in [1.54, 1.807) is 5.57 Å². The van der Waals surface area contributed by atoms with Gasteiger partial charge in [-0.25, -0.2) is 0 Å². The fourth-order valence-corrected chi connectivity index (χ4v) is 6.86. The fourth-order valence-electron chi connectivity index (χ4n) is 6.86. The summed E-state index contributed by atoms with van der Waals surface area (Å²) in [6.45, 7) is 1.17. The summed E-state index contributed by atoms with van der Waals surface area (Å²) >= 11 is 0. The molecule has 3 aromatic carbocycles. The van der Waals surface area contributed by atoms with Gasteiger partial charge in [-0.05, 0) is 84.0 Å². The summed E-state index contributed by atoms with van der Waals surface area (Å²) in [6.07, 6.45) is 15.9. The molecule has 37 heavy (non-hydrogen) atoms. The quantitative estimate of drug-likeness (QED) is 0.312. The highest BCUT2D eigenvalue weighted by atomic mass is 16.5. The van der Waals surface area contributed by atoms with Crippen molar-refractivity contribution in [2.24, 2.45) is 5.92 Å². The third kappa shape index (κ3) is 5.35. The lowest BCUT2D eigenvalue weighted by atomic mass is 9.78. The zero-order valence-electron chi connectivity index (χ0n) is 22.0. The first-order valence-electron chi connectivity index (χ1n) is 14.5. The topological polar surface area (TPSA) is 18.5 Å². The van der Waals surface area contributed by atoms with Crippen molar-refractivity contribution in [2.75, 3.05) is 13.2 Å². The van der Waals surface area contributed by atoms with Crippen molar-refractivity contribution >= 4 is 5.57 Å². The van der Waals surface area contributed by atoms with Gasteiger partial charge in [0, 0.05) is 0 Å². The average molecular weight is 493 g/mol. The van der Waals surface area contributed by atoms with Crippen LogP contribution in [0.2, 0.25) is 0 Å². The Bertz CT molecular complexity index is 1140. The molecule has 192 valence electrons. The van der Waals surface area contributed by atoms with E-state index in [2.05, 4.69) is 72.8 Å². The van der Waals surface area contributed by atoms with Crippen molar-refractivity contribution in [3.05, 3.63) is 102 Å². The van der Waals surface area contributed by atoms with Crippen LogP contribution in [0.5, 0.6) is 11.5 Å². The second-order valence-electron chi connectivity index (χ2n) is 11.4. The van der Waals surface area contributed by atoms with Crippen molar-refractivity contribution in [3.63, 3.8) is 0 Å². The third-order valence-corrected chi connectivity index (χ3v) is 8.92. The van der Waals surface area contributed by atoms with E-state index in [1.165, 1.54) is 80.9 Å². The second kappa shape index (κ2) is 11.2. The summed E-state index contributed by atoms with van der Waals surface area (Å²) in [5, 5.41) is 0. The van der Waals surface area contributed by atoms with E-state index in [9.17, 15) is 0 Å². The molecule has 3 aliphatic rings. The van der Waals surface area contributed by atoms with Gasteiger partial charge in [0.1, 0.15) is 24.7 Å². The van der Waals surface area contributed by atoms with Crippen LogP contribution in [0.1, 0.15) is 86.8 Å². The molecule has 0 bridgehead atoms. The van der Waals surface area contributed by atoms with E-state index in [0.29, 0.717) is 25.0 Å². The zero-order valence-corrected chi connectivity index (χ0v) is 22.0. The van der Waals surface area contributed by atoms with Gasteiger partial charge in [-0.2, -0.15) is 0 Å². The number of rotatable bonds is 8. The Balaban J connectivity index is 1.40. The minimum absolute atomic E-state index is 0.307. The summed E-state index contributed by atoms with van der Waals surface area (Å²) in [5.41, 5.74) is 5.61. The standard InChI is InChI=1S/C35H40O2/c1-5-13-27(14-6-1)29-21-22-32-33(28-15-7-2-8-16-28)24-35(34(32)23-29,25-36-30-17-9-3-10-18-30)26-37-31-19-11-4-12-20-31/h3-4,9-12,17-24,27-28H,1-2,5-8,13-16,25-26H2. The van der Waals surface area contributed by atoms with Crippen LogP contribution < -0.4 is 9.47 Å². The predicted octanol–water partition coefficient (Wildman–Crippen LogP) is 9.11. The van der Waals surface area contributed by atoms with Crippen molar-refractivity contribution in [1.29, 1.82) is 0 Å². The first-order chi connectivity index (χ1) is 18.3. The van der Waals surface area contributed by atoms with Gasteiger partial charge in [0.05, 0.1) is 5.41 Å². The summed E-state index contributed by atoms with van der Waals surface area (Å²) in [7, 11) is 0. The van der Waals surface area contributed by atoms with E-state index < -0.39 is 0 Å². The van der Waals surface area contributed by atoms with Crippen LogP contribution in [0, 0.1) is 5.92 Å². The molecule has 0 spiro atoms. The Labute approximate surface area is 222 Å². The van der Waals surface area contributed by atoms with Gasteiger partial charge in [-0.3, -0.25) is 0 Å². The smallest absolute Gasteiger partial charge is 0.119 e. The van der Waals surface area contributed by atoms with Crippen LogP contribution in [0.3, 0.4) is 0 Å². The van der Waals surface area contributed by atoms with Crippen LogP contribution in [-0.4, -0.2) is 13.2 Å². The first kappa shape index (κ1) is 24.3. The molecule has 2 nitrogen and oxygen atoms in total. The number of benzene rings is 3. The lowest BCUT2D eigenvalue weighted by Crippen LogP contribution is -2.37. The molecule has 6 rings (SSSR count). The average Bonchev–Trinajstić information content (AvgIpc) is 3.31. The molecule has 2 heteroatoms. The molecule has 2 saturated carbocycles. The minimum Gasteiger partial charge on any atom is -0.492 e. The van der Waals surface area contributed by atoms with Crippen LogP contribution >= 0.6 is 0 Å². The molecule has 0 heterocycles. The van der Waals surface area contributed by atoms with Crippen molar-refractivity contribution in [3.8, 4) is 11.5 Å². The molecule has 3 aliphatic carbocycles. The monoisotopic (exact) mass is 492 g/mol. The molecule has 0 aromatic heterocycles. The van der Waals surface area contributed by atoms with E-state index in [1.807, 2.05) is 12.1 Å². The Morgan fingerprint density at radius 2 is 1.14 bits per heavy atom. The van der Waals surface area contributed by atoms with Crippen LogP contribution in [0.4, 0.5) is 0 Å². The molecule has 2 fully saturated rings. The molecule has 0 atom stereocenters. The minimum atomic E-state index is -0.307. The van der Waals surface area contributed by atoms with Crippen molar-refractivity contribution in [1.82, 2.24) is 0 Å². The Morgan fingerprint density at radius 1 is 0.595 bits per heavy atom. The highest BCUT2D eigenvalue weighted by Crippen LogP contribution is 2.49. The molecule has 0 unspecified atom stereocenters. The largest absolute Gasteiger partial charge is 0.492 e. The maximum absolute atomic E-state index is 6.54. The highest BCUT2D eigenvalue weighted by Gasteiger charge is 2.42. The molecular weight excluding hydrogens is 452 g/mol. The maximum Gasteiger partial charge on any atom is 0.119 e.